The molecule has 7 heteroatoms. The lowest BCUT2D eigenvalue weighted by molar-refractivity contribution is -0.105. The Bertz CT molecular complexity index is 777. The number of hydrogen-bond acceptors (Lipinski definition) is 5. The maximum atomic E-state index is 12.7. The van der Waals surface area contributed by atoms with Crippen molar-refractivity contribution in [3.05, 3.63) is 24.2 Å². The van der Waals surface area contributed by atoms with E-state index in [-0.39, 0.29) is 11.9 Å². The van der Waals surface area contributed by atoms with Crippen LogP contribution in [0.2, 0.25) is 0 Å². The Hall–Kier alpha value is -2.41. The predicted octanol–water partition coefficient (Wildman–Crippen LogP) is 1.61. The summed E-state index contributed by atoms with van der Waals surface area (Å²) in [5.74, 6) is 0.361. The van der Waals surface area contributed by atoms with Crippen LogP contribution in [0.15, 0.2) is 22.9 Å². The normalized spacial score (nSPS) is 28.7. The number of fused-ring (bicyclic) bond motifs is 4. The van der Waals surface area contributed by atoms with E-state index in [0.717, 1.165) is 25.9 Å². The lowest BCUT2D eigenvalue weighted by Crippen LogP contribution is -2.62. The molecule has 5 rings (SSSR count). The van der Waals surface area contributed by atoms with Gasteiger partial charge in [0.2, 0.25) is 6.41 Å². The molecule has 0 aromatic carbocycles. The summed E-state index contributed by atoms with van der Waals surface area (Å²) in [5, 5.41) is 6.40. The summed E-state index contributed by atoms with van der Waals surface area (Å²) in [7, 11) is 0. The Morgan fingerprint density at radius 1 is 1.42 bits per heavy atom. The Balaban J connectivity index is 1.57. The van der Waals surface area contributed by atoms with E-state index in [9.17, 15) is 9.59 Å². The van der Waals surface area contributed by atoms with Gasteiger partial charge in [-0.05, 0) is 44.8 Å². The first-order chi connectivity index (χ1) is 11.7. The molecule has 3 saturated heterocycles. The molecule has 5 heterocycles. The van der Waals surface area contributed by atoms with Crippen molar-refractivity contribution in [1.29, 1.82) is 0 Å². The Labute approximate surface area is 139 Å². The zero-order valence-corrected chi connectivity index (χ0v) is 13.5. The van der Waals surface area contributed by atoms with Crippen LogP contribution in [-0.4, -0.2) is 47.4 Å². The first-order valence-electron chi connectivity index (χ1n) is 8.29. The summed E-state index contributed by atoms with van der Waals surface area (Å²) in [4.78, 5) is 29.9. The second-order valence-corrected chi connectivity index (χ2v) is 6.59. The van der Waals surface area contributed by atoms with Crippen LogP contribution < -0.4 is 10.6 Å². The third kappa shape index (κ3) is 2.45. The second-order valence-electron chi connectivity index (χ2n) is 6.59. The molecule has 3 aliphatic rings. The first kappa shape index (κ1) is 15.1. The molecule has 3 aliphatic heterocycles. The van der Waals surface area contributed by atoms with Crippen molar-refractivity contribution in [1.82, 2.24) is 15.2 Å². The molecule has 2 unspecified atom stereocenters. The summed E-state index contributed by atoms with van der Waals surface area (Å²) >= 11 is 0. The summed E-state index contributed by atoms with van der Waals surface area (Å²) in [6.45, 7) is 4.42. The van der Waals surface area contributed by atoms with Gasteiger partial charge in [-0.25, -0.2) is 4.98 Å². The van der Waals surface area contributed by atoms with E-state index < -0.39 is 0 Å². The third-order valence-corrected chi connectivity index (χ3v) is 5.38. The van der Waals surface area contributed by atoms with Crippen LogP contribution in [0, 0.1) is 5.92 Å². The molecule has 7 nitrogen and oxygen atoms in total. The number of pyridine rings is 1. The van der Waals surface area contributed by atoms with Gasteiger partial charge in [-0.2, -0.15) is 0 Å². The highest BCUT2D eigenvalue weighted by Gasteiger charge is 2.40. The van der Waals surface area contributed by atoms with Gasteiger partial charge in [0, 0.05) is 17.5 Å². The highest BCUT2D eigenvalue weighted by molar-refractivity contribution is 6.00. The van der Waals surface area contributed by atoms with E-state index in [1.165, 1.54) is 12.5 Å². The minimum atomic E-state index is -0.180. The molecule has 2 aromatic heterocycles. The fourth-order valence-corrected chi connectivity index (χ4v) is 4.00. The van der Waals surface area contributed by atoms with Crippen LogP contribution in [0.5, 0.6) is 0 Å². The largest absolute Gasteiger partial charge is 0.460 e. The predicted molar refractivity (Wildman–Crippen MR) is 88.7 cm³/mol. The Morgan fingerprint density at radius 3 is 2.92 bits per heavy atom. The summed E-state index contributed by atoms with van der Waals surface area (Å²) < 4.78 is 5.32. The Morgan fingerprint density at radius 2 is 2.21 bits per heavy atom. The monoisotopic (exact) mass is 328 g/mol. The number of hydrogen-bond donors (Lipinski definition) is 2. The number of carbonyl (C=O) groups excluding carboxylic acids is 2. The molecule has 3 fully saturated rings. The lowest BCUT2D eigenvalue weighted by Gasteiger charge is -2.49. The van der Waals surface area contributed by atoms with E-state index in [0.29, 0.717) is 40.7 Å². The van der Waals surface area contributed by atoms with Crippen LogP contribution in [0.25, 0.3) is 11.0 Å². The Kier molecular flexibility index (Phi) is 3.72. The highest BCUT2D eigenvalue weighted by Crippen LogP contribution is 2.32. The van der Waals surface area contributed by atoms with Crippen molar-refractivity contribution in [2.75, 3.05) is 18.4 Å². The topological polar surface area (TPSA) is 87.5 Å². The quantitative estimate of drug-likeness (QED) is 0.833. The van der Waals surface area contributed by atoms with Gasteiger partial charge in [0.25, 0.3) is 5.91 Å². The van der Waals surface area contributed by atoms with Crippen LogP contribution in [0.1, 0.15) is 30.3 Å². The van der Waals surface area contributed by atoms with Crippen molar-refractivity contribution < 1.29 is 14.0 Å². The van der Waals surface area contributed by atoms with Gasteiger partial charge in [0.15, 0.2) is 5.58 Å². The highest BCUT2D eigenvalue weighted by atomic mass is 16.3. The molecule has 0 aliphatic carbocycles. The molecule has 24 heavy (non-hydrogen) atoms. The van der Waals surface area contributed by atoms with Crippen molar-refractivity contribution in [3.8, 4) is 0 Å². The molecule has 2 amide bonds. The molecule has 2 atom stereocenters. The summed E-state index contributed by atoms with van der Waals surface area (Å²) in [6, 6.07) is 2.17. The van der Waals surface area contributed by atoms with E-state index in [2.05, 4.69) is 27.4 Å². The fraction of sp³-hybridized carbons (Fsp3) is 0.471. The maximum absolute atomic E-state index is 12.7. The molecule has 0 radical (unpaired) electrons. The number of nitrogens with one attached hydrogen (secondary N) is 2. The molecule has 0 spiro atoms. The van der Waals surface area contributed by atoms with Gasteiger partial charge in [-0.3, -0.25) is 14.5 Å². The number of furan rings is 1. The molecule has 2 bridgehead atoms. The standard InChI is InChI=1S/C17H20N4O3/c1-10-16(11-2-4-21(10)5-3-11)20-17(23)13-6-12-14(19-9-22)8-24-15(12)7-18-13/h6-11,16H,2-5H2,1H3,(H,19,22)(H,20,23). The average Bonchev–Trinajstić information content (AvgIpc) is 3.01. The molecular weight excluding hydrogens is 308 g/mol. The molecule has 2 aromatic rings. The summed E-state index contributed by atoms with van der Waals surface area (Å²) in [5.41, 5.74) is 1.40. The third-order valence-electron chi connectivity index (χ3n) is 5.38. The average molecular weight is 328 g/mol. The second kappa shape index (κ2) is 5.90. The van der Waals surface area contributed by atoms with Gasteiger partial charge in [-0.15, -0.1) is 0 Å². The SMILES string of the molecule is CC1C(NC(=O)c2cc3c(NC=O)coc3cn2)C2CCN1CC2. The van der Waals surface area contributed by atoms with E-state index in [4.69, 9.17) is 4.42 Å². The number of aromatic nitrogens is 1. The number of anilines is 1. The van der Waals surface area contributed by atoms with Gasteiger partial charge in [-0.1, -0.05) is 0 Å². The summed E-state index contributed by atoms with van der Waals surface area (Å²) in [6.07, 6.45) is 5.81. The van der Waals surface area contributed by atoms with Gasteiger partial charge >= 0.3 is 0 Å². The number of piperidine rings is 3. The van der Waals surface area contributed by atoms with E-state index >= 15 is 0 Å². The molecule has 126 valence electrons. The maximum Gasteiger partial charge on any atom is 0.270 e. The lowest BCUT2D eigenvalue weighted by atomic mass is 9.79. The number of nitrogens with zero attached hydrogens (tertiary/aromatic N) is 2. The van der Waals surface area contributed by atoms with Crippen molar-refractivity contribution in [2.24, 2.45) is 5.92 Å². The van der Waals surface area contributed by atoms with E-state index in [1.807, 2.05) is 0 Å². The first-order valence-corrected chi connectivity index (χ1v) is 8.29. The van der Waals surface area contributed by atoms with Crippen molar-refractivity contribution in [3.63, 3.8) is 0 Å². The minimum Gasteiger partial charge on any atom is -0.460 e. The number of rotatable bonds is 4. The van der Waals surface area contributed by atoms with Crippen LogP contribution in [0.4, 0.5) is 5.69 Å². The fourth-order valence-electron chi connectivity index (χ4n) is 4.00. The molecular formula is C17H20N4O3. The minimum absolute atomic E-state index is 0.161. The number of amides is 2. The van der Waals surface area contributed by atoms with Crippen LogP contribution in [0.3, 0.4) is 0 Å². The zero-order valence-electron chi connectivity index (χ0n) is 13.5. The van der Waals surface area contributed by atoms with Crippen molar-refractivity contribution >= 4 is 29.0 Å². The van der Waals surface area contributed by atoms with Crippen LogP contribution >= 0.6 is 0 Å². The molecule has 0 saturated carbocycles. The molecule has 2 N–H and O–H groups in total. The zero-order chi connectivity index (χ0) is 16.7. The van der Waals surface area contributed by atoms with Crippen molar-refractivity contribution in [2.45, 2.75) is 31.8 Å². The van der Waals surface area contributed by atoms with Gasteiger partial charge < -0.3 is 15.1 Å². The van der Waals surface area contributed by atoms with Gasteiger partial charge in [0.1, 0.15) is 12.0 Å². The van der Waals surface area contributed by atoms with Crippen LogP contribution in [-0.2, 0) is 4.79 Å². The number of carbonyl (C=O) groups is 2. The van der Waals surface area contributed by atoms with Gasteiger partial charge in [0.05, 0.1) is 11.9 Å². The smallest absolute Gasteiger partial charge is 0.270 e. The van der Waals surface area contributed by atoms with E-state index in [1.54, 1.807) is 6.07 Å².